The molecule has 0 rings (SSSR count). The number of hydrogen-bond donors (Lipinski definition) is 2. The Labute approximate surface area is 76.9 Å². The zero-order chi connectivity index (χ0) is 9.61. The fourth-order valence-corrected chi connectivity index (χ4v) is 0.895. The zero-order valence-electron chi connectivity index (χ0n) is 8.98. The van der Waals surface area contributed by atoms with Crippen LogP contribution in [0.15, 0.2) is 0 Å². The third-order valence-electron chi connectivity index (χ3n) is 1.95. The van der Waals surface area contributed by atoms with Gasteiger partial charge in [-0.25, -0.2) is 0 Å². The van der Waals surface area contributed by atoms with Gasteiger partial charge in [0.2, 0.25) is 0 Å². The van der Waals surface area contributed by atoms with Gasteiger partial charge in [0, 0.05) is 0 Å². The summed E-state index contributed by atoms with van der Waals surface area (Å²) in [5, 5.41) is 3.41. The van der Waals surface area contributed by atoms with E-state index in [1.54, 1.807) is 0 Å². The average Bonchev–Trinajstić information content (AvgIpc) is 1.96. The van der Waals surface area contributed by atoms with Crippen LogP contribution in [0.4, 0.5) is 0 Å². The molecule has 0 saturated carbocycles. The number of hydrogen-bond acceptors (Lipinski definition) is 2. The number of rotatable bonds is 5. The molecule has 0 aromatic carbocycles. The summed E-state index contributed by atoms with van der Waals surface area (Å²) in [4.78, 5) is 0. The molecule has 0 aromatic rings. The van der Waals surface area contributed by atoms with Crippen LogP contribution in [0.2, 0.25) is 0 Å². The van der Waals surface area contributed by atoms with E-state index in [4.69, 9.17) is 5.73 Å². The Morgan fingerprint density at radius 2 is 1.92 bits per heavy atom. The molecule has 0 heterocycles. The Balaban J connectivity index is 3.22. The smallest absolute Gasteiger partial charge is 0.00111 e. The molecule has 0 spiro atoms. The summed E-state index contributed by atoms with van der Waals surface area (Å²) in [7, 11) is 0. The minimum atomic E-state index is 0.443. The fraction of sp³-hybridized carbons (Fsp3) is 1.00. The Kier molecular flexibility index (Phi) is 5.51. The lowest BCUT2D eigenvalue weighted by molar-refractivity contribution is 0.360. The predicted octanol–water partition coefficient (Wildman–Crippen LogP) is 1.61. The summed E-state index contributed by atoms with van der Waals surface area (Å²) in [5.41, 5.74) is 5.94. The number of nitrogens with two attached hydrogens (primary N) is 1. The van der Waals surface area contributed by atoms with Crippen LogP contribution in [0, 0.1) is 11.3 Å². The van der Waals surface area contributed by atoms with Gasteiger partial charge in [0.15, 0.2) is 0 Å². The molecule has 1 unspecified atom stereocenters. The van der Waals surface area contributed by atoms with Gasteiger partial charge in [0.05, 0.1) is 0 Å². The van der Waals surface area contributed by atoms with Crippen molar-refractivity contribution < 1.29 is 0 Å². The highest BCUT2D eigenvalue weighted by atomic mass is 14.9. The summed E-state index contributed by atoms with van der Waals surface area (Å²) in [6, 6.07) is 0. The maximum Gasteiger partial charge on any atom is -0.00111 e. The first-order chi connectivity index (χ1) is 5.45. The molecule has 0 amide bonds. The van der Waals surface area contributed by atoms with E-state index in [0.717, 1.165) is 19.6 Å². The highest BCUT2D eigenvalue weighted by molar-refractivity contribution is 4.64. The van der Waals surface area contributed by atoms with Gasteiger partial charge in [0.1, 0.15) is 0 Å². The second-order valence-electron chi connectivity index (χ2n) is 4.86. The lowest BCUT2D eigenvalue weighted by Crippen LogP contribution is -2.28. The van der Waals surface area contributed by atoms with E-state index >= 15 is 0 Å². The molecule has 0 aromatic heterocycles. The highest BCUT2D eigenvalue weighted by Crippen LogP contribution is 2.16. The molecule has 2 nitrogen and oxygen atoms in total. The van der Waals surface area contributed by atoms with Crippen LogP contribution in [0.5, 0.6) is 0 Å². The Morgan fingerprint density at radius 1 is 1.33 bits per heavy atom. The summed E-state index contributed by atoms with van der Waals surface area (Å²) < 4.78 is 0. The molecule has 0 bridgehead atoms. The second kappa shape index (κ2) is 5.55. The molecular formula is C10H24N2. The van der Waals surface area contributed by atoms with E-state index in [1.807, 2.05) is 0 Å². The van der Waals surface area contributed by atoms with Crippen LogP contribution >= 0.6 is 0 Å². The third-order valence-corrected chi connectivity index (χ3v) is 1.95. The molecular weight excluding hydrogens is 148 g/mol. The van der Waals surface area contributed by atoms with Crippen LogP contribution in [0.1, 0.15) is 34.1 Å². The van der Waals surface area contributed by atoms with Gasteiger partial charge >= 0.3 is 0 Å². The first-order valence-corrected chi connectivity index (χ1v) is 4.86. The molecule has 2 heteroatoms. The molecule has 0 aliphatic carbocycles. The topological polar surface area (TPSA) is 38.0 Å². The molecule has 12 heavy (non-hydrogen) atoms. The van der Waals surface area contributed by atoms with E-state index in [0.29, 0.717) is 11.3 Å². The molecule has 74 valence electrons. The Morgan fingerprint density at radius 3 is 2.33 bits per heavy atom. The van der Waals surface area contributed by atoms with E-state index in [2.05, 4.69) is 33.0 Å². The zero-order valence-corrected chi connectivity index (χ0v) is 8.98. The van der Waals surface area contributed by atoms with Gasteiger partial charge < -0.3 is 11.1 Å². The van der Waals surface area contributed by atoms with E-state index in [9.17, 15) is 0 Å². The van der Waals surface area contributed by atoms with Crippen molar-refractivity contribution in [1.82, 2.24) is 5.32 Å². The molecule has 0 saturated heterocycles. The lowest BCUT2D eigenvalue weighted by atomic mass is 9.92. The van der Waals surface area contributed by atoms with Gasteiger partial charge in [0.25, 0.3) is 0 Å². The summed E-state index contributed by atoms with van der Waals surface area (Å²) >= 11 is 0. The van der Waals surface area contributed by atoms with Gasteiger partial charge in [-0.05, 0) is 37.4 Å². The first kappa shape index (κ1) is 11.9. The van der Waals surface area contributed by atoms with Crippen molar-refractivity contribution in [3.8, 4) is 0 Å². The maximum absolute atomic E-state index is 5.50. The van der Waals surface area contributed by atoms with Crippen LogP contribution in [0.25, 0.3) is 0 Å². The van der Waals surface area contributed by atoms with E-state index in [1.165, 1.54) is 6.42 Å². The predicted molar refractivity (Wildman–Crippen MR) is 55.2 cm³/mol. The molecule has 0 aliphatic rings. The van der Waals surface area contributed by atoms with Gasteiger partial charge in [-0.2, -0.15) is 0 Å². The van der Waals surface area contributed by atoms with Crippen molar-refractivity contribution in [1.29, 1.82) is 0 Å². The standard InChI is InChI=1S/C10H24N2/c1-9(7-11)8-12-6-5-10(2,3)4/h9,12H,5-8,11H2,1-4H3. The van der Waals surface area contributed by atoms with Crippen LogP contribution in [-0.4, -0.2) is 19.6 Å². The number of nitrogens with one attached hydrogen (secondary N) is 1. The maximum atomic E-state index is 5.50. The normalized spacial score (nSPS) is 14.8. The SMILES string of the molecule is CC(CN)CNCCC(C)(C)C. The van der Waals surface area contributed by atoms with Crippen LogP contribution in [0.3, 0.4) is 0 Å². The minimum absolute atomic E-state index is 0.443. The van der Waals surface area contributed by atoms with Crippen molar-refractivity contribution in [2.24, 2.45) is 17.1 Å². The molecule has 3 N–H and O–H groups in total. The molecule has 0 radical (unpaired) electrons. The van der Waals surface area contributed by atoms with Crippen LogP contribution < -0.4 is 11.1 Å². The Hall–Kier alpha value is -0.0800. The lowest BCUT2D eigenvalue weighted by Gasteiger charge is -2.19. The van der Waals surface area contributed by atoms with Crippen molar-refractivity contribution in [2.45, 2.75) is 34.1 Å². The minimum Gasteiger partial charge on any atom is -0.330 e. The Bertz CT molecular complexity index is 105. The average molecular weight is 172 g/mol. The summed E-state index contributed by atoms with van der Waals surface area (Å²) in [5.74, 6) is 0.602. The van der Waals surface area contributed by atoms with Gasteiger partial charge in [-0.15, -0.1) is 0 Å². The molecule has 0 aliphatic heterocycles. The molecule has 1 atom stereocenters. The van der Waals surface area contributed by atoms with Crippen molar-refractivity contribution >= 4 is 0 Å². The summed E-state index contributed by atoms with van der Waals surface area (Å²) in [6.45, 7) is 11.9. The van der Waals surface area contributed by atoms with Crippen molar-refractivity contribution in [3.63, 3.8) is 0 Å². The van der Waals surface area contributed by atoms with Crippen molar-refractivity contribution in [2.75, 3.05) is 19.6 Å². The summed E-state index contributed by atoms with van der Waals surface area (Å²) in [6.07, 6.45) is 1.23. The largest absolute Gasteiger partial charge is 0.330 e. The first-order valence-electron chi connectivity index (χ1n) is 4.86. The quantitative estimate of drug-likeness (QED) is 0.618. The van der Waals surface area contributed by atoms with E-state index < -0.39 is 0 Å². The second-order valence-corrected chi connectivity index (χ2v) is 4.86. The van der Waals surface area contributed by atoms with Crippen LogP contribution in [-0.2, 0) is 0 Å². The monoisotopic (exact) mass is 172 g/mol. The third kappa shape index (κ3) is 8.02. The van der Waals surface area contributed by atoms with Gasteiger partial charge in [-0.3, -0.25) is 0 Å². The van der Waals surface area contributed by atoms with Gasteiger partial charge in [-0.1, -0.05) is 27.7 Å². The van der Waals surface area contributed by atoms with E-state index in [-0.39, 0.29) is 0 Å². The molecule has 0 fully saturated rings. The fourth-order valence-electron chi connectivity index (χ4n) is 0.895. The van der Waals surface area contributed by atoms with Crippen molar-refractivity contribution in [3.05, 3.63) is 0 Å². The highest BCUT2D eigenvalue weighted by Gasteiger charge is 2.08.